The summed E-state index contributed by atoms with van der Waals surface area (Å²) < 4.78 is 93.8. The smallest absolute Gasteiger partial charge is 0.413 e. The van der Waals surface area contributed by atoms with E-state index in [1.165, 1.54) is 26.4 Å². The maximum Gasteiger partial charge on any atom is 0.413 e. The van der Waals surface area contributed by atoms with E-state index < -0.39 is 76.2 Å². The molecular formula is C52H65F3O10Si2. The topological polar surface area (TPSA) is 108 Å². The number of methoxy groups -OCH3 is 2. The van der Waals surface area contributed by atoms with Gasteiger partial charge >= 0.3 is 18.1 Å². The standard InChI is InChI=1S/C52H65F3O10Si2/c1-50(2,3)67(40-25-16-12-17-26-40,41-27-18-13-19-28-41)65-45(52(53,54)55)31-21-29-42(62-48(56)37-22-14-11-15-23-37)47-43(63-51(4,5)64-47)30-20-24-38-34-39(59-7)35-44(61-36-58-6)46(38)49(57)60-32-33-66(8,9)10/h11-29,34-35,42-43,45,47H,30-33,36H2,1-10H3/b24-20+,29-21-/t42?,43-,45?,47+/m0/s1. The average molecular weight is 963 g/mol. The van der Waals surface area contributed by atoms with Gasteiger partial charge in [-0.05, 0) is 78.0 Å². The van der Waals surface area contributed by atoms with Crippen molar-refractivity contribution in [1.82, 2.24) is 0 Å². The van der Waals surface area contributed by atoms with Crippen molar-refractivity contribution < 1.29 is 60.3 Å². The van der Waals surface area contributed by atoms with Gasteiger partial charge in [-0.2, -0.15) is 13.2 Å². The predicted octanol–water partition coefficient (Wildman–Crippen LogP) is 10.8. The van der Waals surface area contributed by atoms with Crippen LogP contribution < -0.4 is 19.8 Å². The van der Waals surface area contributed by atoms with E-state index in [2.05, 4.69) is 19.6 Å². The lowest BCUT2D eigenvalue weighted by Crippen LogP contribution is -2.68. The fourth-order valence-electron chi connectivity index (χ4n) is 7.96. The first kappa shape index (κ1) is 52.9. The molecule has 5 rings (SSSR count). The van der Waals surface area contributed by atoms with Crippen molar-refractivity contribution >= 4 is 44.8 Å². The fraction of sp³-hybridized carbons (Fsp3) is 0.423. The molecule has 0 bridgehead atoms. The van der Waals surface area contributed by atoms with Gasteiger partial charge < -0.3 is 37.6 Å². The minimum atomic E-state index is -4.77. The summed E-state index contributed by atoms with van der Waals surface area (Å²) in [6, 6.07) is 30.6. The molecule has 1 aliphatic heterocycles. The van der Waals surface area contributed by atoms with Crippen LogP contribution in [0.25, 0.3) is 6.08 Å². The van der Waals surface area contributed by atoms with E-state index in [4.69, 9.17) is 37.6 Å². The Morgan fingerprint density at radius 2 is 1.42 bits per heavy atom. The molecule has 0 amide bonds. The first-order valence-corrected chi connectivity index (χ1v) is 28.0. The molecule has 0 saturated carbocycles. The van der Waals surface area contributed by atoms with Crippen LogP contribution in [-0.2, 0) is 28.1 Å². The Bertz CT molecular complexity index is 2240. The molecule has 0 radical (unpaired) electrons. The van der Waals surface area contributed by atoms with Crippen LogP contribution in [0.15, 0.2) is 121 Å². The van der Waals surface area contributed by atoms with Gasteiger partial charge in [0.1, 0.15) is 35.4 Å². The van der Waals surface area contributed by atoms with E-state index >= 15 is 13.2 Å². The monoisotopic (exact) mass is 962 g/mol. The molecule has 0 aromatic heterocycles. The Kier molecular flexibility index (Phi) is 18.0. The van der Waals surface area contributed by atoms with E-state index in [0.717, 1.165) is 6.04 Å². The van der Waals surface area contributed by atoms with Crippen molar-refractivity contribution in [2.75, 3.05) is 27.6 Å². The maximum atomic E-state index is 15.4. The number of carbonyl (C=O) groups is 2. The lowest BCUT2D eigenvalue weighted by atomic mass is 10.0. The van der Waals surface area contributed by atoms with Gasteiger partial charge in [-0.25, -0.2) is 9.59 Å². The molecule has 0 aliphatic carbocycles. The summed E-state index contributed by atoms with van der Waals surface area (Å²) >= 11 is 0. The van der Waals surface area contributed by atoms with Crippen molar-refractivity contribution in [3.8, 4) is 11.5 Å². The Balaban J connectivity index is 1.51. The molecule has 362 valence electrons. The summed E-state index contributed by atoms with van der Waals surface area (Å²) in [6.07, 6.45) is -4.15. The lowest BCUT2D eigenvalue weighted by molar-refractivity contribution is -0.196. The van der Waals surface area contributed by atoms with Gasteiger partial charge in [-0.3, -0.25) is 0 Å². The second-order valence-corrected chi connectivity index (χ2v) is 28.9. The molecule has 1 heterocycles. The first-order chi connectivity index (χ1) is 31.6. The number of hydrogen-bond donors (Lipinski definition) is 0. The molecule has 10 nitrogen and oxygen atoms in total. The number of rotatable bonds is 21. The fourth-order valence-corrected chi connectivity index (χ4v) is 13.3. The third-order valence-electron chi connectivity index (χ3n) is 11.2. The van der Waals surface area contributed by atoms with Crippen molar-refractivity contribution in [3.05, 3.63) is 138 Å². The number of alkyl halides is 3. The molecule has 1 aliphatic rings. The van der Waals surface area contributed by atoms with Gasteiger partial charge in [0.05, 0.1) is 25.4 Å². The highest BCUT2D eigenvalue weighted by Gasteiger charge is 2.55. The van der Waals surface area contributed by atoms with Crippen molar-refractivity contribution in [2.45, 2.75) is 115 Å². The molecular weight excluding hydrogens is 898 g/mol. The molecule has 0 spiro atoms. The Morgan fingerprint density at radius 1 is 0.821 bits per heavy atom. The highest BCUT2D eigenvalue weighted by molar-refractivity contribution is 6.99. The Morgan fingerprint density at radius 3 is 1.96 bits per heavy atom. The van der Waals surface area contributed by atoms with Gasteiger partial charge in [0.2, 0.25) is 0 Å². The van der Waals surface area contributed by atoms with E-state index in [1.54, 1.807) is 68.5 Å². The SMILES string of the molecule is COCOc1cc(OC)cc(/C=C/C[C@@H]2OC(C)(C)O[C@@H]2C(/C=C\CC(O[Si](c2ccccc2)(c2ccccc2)C(C)(C)C)C(F)(F)F)OC(=O)c2ccccc2)c1C(=O)OCC[Si](C)(C)C. The molecule has 0 N–H and O–H groups in total. The van der Waals surface area contributed by atoms with Crippen LogP contribution >= 0.6 is 0 Å². The number of hydrogen-bond acceptors (Lipinski definition) is 10. The third kappa shape index (κ3) is 14.2. The van der Waals surface area contributed by atoms with Gasteiger partial charge in [0.15, 0.2) is 12.6 Å². The molecule has 4 aromatic rings. The normalized spacial score (nSPS) is 17.6. The molecule has 4 aromatic carbocycles. The number of benzene rings is 4. The zero-order valence-electron chi connectivity index (χ0n) is 40.2. The Labute approximate surface area is 395 Å². The zero-order valence-corrected chi connectivity index (χ0v) is 42.2. The maximum absolute atomic E-state index is 15.4. The van der Waals surface area contributed by atoms with Crippen LogP contribution in [0, 0.1) is 0 Å². The zero-order chi connectivity index (χ0) is 49.0. The molecule has 67 heavy (non-hydrogen) atoms. The molecule has 1 saturated heterocycles. The van der Waals surface area contributed by atoms with Crippen molar-refractivity contribution in [1.29, 1.82) is 0 Å². The van der Waals surface area contributed by atoms with Gasteiger partial charge in [0.25, 0.3) is 8.32 Å². The molecule has 2 unspecified atom stereocenters. The predicted molar refractivity (Wildman–Crippen MR) is 259 cm³/mol. The number of esters is 2. The summed E-state index contributed by atoms with van der Waals surface area (Å²) in [4.78, 5) is 27.4. The second kappa shape index (κ2) is 22.8. The minimum absolute atomic E-state index is 0.137. The molecule has 1 fully saturated rings. The lowest BCUT2D eigenvalue weighted by Gasteiger charge is -2.45. The van der Waals surface area contributed by atoms with E-state index in [0.29, 0.717) is 21.7 Å². The Hall–Kier alpha value is -5.04. The van der Waals surface area contributed by atoms with Crippen LogP contribution in [0.4, 0.5) is 13.2 Å². The van der Waals surface area contributed by atoms with Crippen molar-refractivity contribution in [3.63, 3.8) is 0 Å². The summed E-state index contributed by atoms with van der Waals surface area (Å²) in [5, 5.41) is 0.681. The largest absolute Gasteiger partial charge is 0.497 e. The molecule has 4 atom stereocenters. The minimum Gasteiger partial charge on any atom is -0.497 e. The highest BCUT2D eigenvalue weighted by atomic mass is 28.4. The summed E-state index contributed by atoms with van der Waals surface area (Å²) in [7, 11) is -2.22. The van der Waals surface area contributed by atoms with E-state index in [9.17, 15) is 9.59 Å². The number of halogens is 3. The van der Waals surface area contributed by atoms with Crippen LogP contribution in [0.1, 0.15) is 73.7 Å². The van der Waals surface area contributed by atoms with Crippen LogP contribution in [0.5, 0.6) is 11.5 Å². The van der Waals surface area contributed by atoms with Gasteiger partial charge in [-0.1, -0.05) is 138 Å². The summed E-state index contributed by atoms with van der Waals surface area (Å²) in [6.45, 7) is 15.8. The summed E-state index contributed by atoms with van der Waals surface area (Å²) in [5.41, 5.74) is 0.846. The molecule has 15 heteroatoms. The average Bonchev–Trinajstić information content (AvgIpc) is 3.59. The summed E-state index contributed by atoms with van der Waals surface area (Å²) in [5.74, 6) is -1.85. The first-order valence-electron chi connectivity index (χ1n) is 22.4. The quantitative estimate of drug-likeness (QED) is 0.0347. The van der Waals surface area contributed by atoms with Crippen LogP contribution in [-0.4, -0.2) is 92.3 Å². The third-order valence-corrected chi connectivity index (χ3v) is 18.0. The van der Waals surface area contributed by atoms with E-state index in [1.807, 2.05) is 81.4 Å². The van der Waals surface area contributed by atoms with Gasteiger partial charge in [0, 0.05) is 21.3 Å². The van der Waals surface area contributed by atoms with Crippen LogP contribution in [0.2, 0.25) is 30.7 Å². The number of ether oxygens (including phenoxy) is 7. The van der Waals surface area contributed by atoms with E-state index in [-0.39, 0.29) is 36.7 Å². The second-order valence-electron chi connectivity index (χ2n) is 19.1. The van der Waals surface area contributed by atoms with Crippen LogP contribution in [0.3, 0.4) is 0 Å². The van der Waals surface area contributed by atoms with Crippen molar-refractivity contribution in [2.24, 2.45) is 0 Å². The highest BCUT2D eigenvalue weighted by Crippen LogP contribution is 2.41. The number of carbonyl (C=O) groups excluding carboxylic acids is 2. The van der Waals surface area contributed by atoms with Gasteiger partial charge in [-0.15, -0.1) is 0 Å².